The predicted molar refractivity (Wildman–Crippen MR) is 20.8 cm³/mol. The van der Waals surface area contributed by atoms with Crippen molar-refractivity contribution in [2.75, 3.05) is 0 Å². The van der Waals surface area contributed by atoms with Crippen molar-refractivity contribution in [3.8, 4) is 0 Å². The van der Waals surface area contributed by atoms with Gasteiger partial charge in [-0.2, -0.15) is 0 Å². The van der Waals surface area contributed by atoms with E-state index >= 15 is 0 Å². The molecule has 1 atom stereocenters. The molecule has 0 aromatic heterocycles. The number of rotatable bonds is 0. The van der Waals surface area contributed by atoms with E-state index in [0.29, 0.717) is 6.42 Å². The van der Waals surface area contributed by atoms with Crippen molar-refractivity contribution in [1.82, 2.24) is 0 Å². The first-order valence-electron chi connectivity index (χ1n) is 1.88. The second kappa shape index (κ2) is 1.30. The third-order valence-electron chi connectivity index (χ3n) is 0.670. The van der Waals surface area contributed by atoms with Crippen LogP contribution in [0.25, 0.3) is 0 Å². The summed E-state index contributed by atoms with van der Waals surface area (Å²) in [5.41, 5.74) is 0. The molecule has 6 heavy (non-hydrogen) atoms. The lowest BCUT2D eigenvalue weighted by Crippen LogP contribution is -1.99. The molecule has 1 aliphatic rings. The topological polar surface area (TPSA) is 29.5 Å². The van der Waals surface area contributed by atoms with Gasteiger partial charge >= 0.3 is 0 Å². The zero-order valence-electron chi connectivity index (χ0n) is 3.29. The normalized spacial score (nSPS) is 30.5. The van der Waals surface area contributed by atoms with E-state index in [2.05, 4.69) is 4.74 Å². The lowest BCUT2D eigenvalue weighted by Gasteiger charge is -1.96. The summed E-state index contributed by atoms with van der Waals surface area (Å²) in [6.07, 6.45) is 3.36. The van der Waals surface area contributed by atoms with Crippen LogP contribution in [0.3, 0.4) is 0 Å². The van der Waals surface area contributed by atoms with Crippen molar-refractivity contribution in [1.29, 1.82) is 0 Å². The van der Waals surface area contributed by atoms with Crippen molar-refractivity contribution >= 4 is 0 Å². The van der Waals surface area contributed by atoms with Crippen LogP contribution < -0.4 is 0 Å². The first kappa shape index (κ1) is 3.68. The molecule has 1 heterocycles. The quantitative estimate of drug-likeness (QED) is 0.457. The summed E-state index contributed by atoms with van der Waals surface area (Å²) in [5, 5.41) is 8.44. The maximum absolute atomic E-state index is 8.44. The highest BCUT2D eigenvalue weighted by Gasteiger charge is 2.02. The van der Waals surface area contributed by atoms with Gasteiger partial charge in [0.25, 0.3) is 0 Å². The highest BCUT2D eigenvalue weighted by Crippen LogP contribution is 2.02. The highest BCUT2D eigenvalue weighted by atomic mass is 16.6. The molecule has 0 bridgehead atoms. The van der Waals surface area contributed by atoms with Crippen molar-refractivity contribution in [3.63, 3.8) is 0 Å². The molecule has 0 radical (unpaired) electrons. The molecule has 0 saturated heterocycles. The molecule has 0 aromatic carbocycles. The Hall–Kier alpha value is -0.500. The van der Waals surface area contributed by atoms with Gasteiger partial charge in [0, 0.05) is 6.42 Å². The predicted octanol–water partition coefficient (Wildman–Crippen LogP) is 0.239. The standard InChI is InChI=1S/C4H6O2/c5-4-2-1-3-6-4/h1,3-5H,2H2. The largest absolute Gasteiger partial charge is 0.473 e. The van der Waals surface area contributed by atoms with E-state index in [1.807, 2.05) is 0 Å². The van der Waals surface area contributed by atoms with Crippen LogP contribution in [0.1, 0.15) is 6.42 Å². The first-order chi connectivity index (χ1) is 2.89. The smallest absolute Gasteiger partial charge is 0.200 e. The number of aliphatic hydroxyl groups is 1. The molecule has 0 spiro atoms. The molecule has 1 N–H and O–H groups in total. The van der Waals surface area contributed by atoms with Gasteiger partial charge in [-0.3, -0.25) is 0 Å². The minimum Gasteiger partial charge on any atom is -0.473 e. The van der Waals surface area contributed by atoms with Gasteiger partial charge in [0.2, 0.25) is 0 Å². The molecule has 2 heteroatoms. The van der Waals surface area contributed by atoms with E-state index < -0.39 is 6.29 Å². The van der Waals surface area contributed by atoms with Crippen molar-refractivity contribution in [3.05, 3.63) is 12.3 Å². The summed E-state index contributed by atoms with van der Waals surface area (Å²) in [7, 11) is 0. The fourth-order valence-electron chi connectivity index (χ4n) is 0.374. The molecular formula is C4H6O2. The van der Waals surface area contributed by atoms with Crippen molar-refractivity contribution in [2.45, 2.75) is 12.7 Å². The van der Waals surface area contributed by atoms with Gasteiger partial charge < -0.3 is 9.84 Å². The van der Waals surface area contributed by atoms with E-state index in [9.17, 15) is 0 Å². The second-order valence-electron chi connectivity index (χ2n) is 1.20. The molecule has 0 aromatic rings. The summed E-state index contributed by atoms with van der Waals surface area (Å²) >= 11 is 0. The SMILES string of the molecule is OC1CC=CO1. The Morgan fingerprint density at radius 3 is 2.83 bits per heavy atom. The minimum absolute atomic E-state index is 0.565. The van der Waals surface area contributed by atoms with Gasteiger partial charge in [0.1, 0.15) is 0 Å². The fraction of sp³-hybridized carbons (Fsp3) is 0.500. The molecule has 1 aliphatic heterocycles. The van der Waals surface area contributed by atoms with E-state index in [1.54, 1.807) is 6.08 Å². The van der Waals surface area contributed by atoms with E-state index in [0.717, 1.165) is 0 Å². The molecule has 34 valence electrons. The average Bonchev–Trinajstić information content (AvgIpc) is 1.86. The van der Waals surface area contributed by atoms with Gasteiger partial charge in [-0.1, -0.05) is 0 Å². The Labute approximate surface area is 36.0 Å². The second-order valence-corrected chi connectivity index (χ2v) is 1.20. The number of hydrogen-bond acceptors (Lipinski definition) is 2. The van der Waals surface area contributed by atoms with Crippen LogP contribution in [0.15, 0.2) is 12.3 Å². The third kappa shape index (κ3) is 0.518. The van der Waals surface area contributed by atoms with Crippen molar-refractivity contribution in [2.24, 2.45) is 0 Å². The summed E-state index contributed by atoms with van der Waals surface area (Å²) in [4.78, 5) is 0. The monoisotopic (exact) mass is 86.0 g/mol. The van der Waals surface area contributed by atoms with E-state index in [-0.39, 0.29) is 0 Å². The number of hydrogen-bond donors (Lipinski definition) is 1. The zero-order chi connectivity index (χ0) is 4.41. The van der Waals surface area contributed by atoms with Crippen LogP contribution in [0.5, 0.6) is 0 Å². The first-order valence-corrected chi connectivity index (χ1v) is 1.88. The summed E-state index contributed by atoms with van der Waals surface area (Å²) in [6.45, 7) is 0. The van der Waals surface area contributed by atoms with Crippen LogP contribution >= 0.6 is 0 Å². The van der Waals surface area contributed by atoms with E-state index in [4.69, 9.17) is 5.11 Å². The lowest BCUT2D eigenvalue weighted by molar-refractivity contribution is -0.0324. The zero-order valence-corrected chi connectivity index (χ0v) is 3.29. The van der Waals surface area contributed by atoms with Gasteiger partial charge in [-0.05, 0) is 6.08 Å². The van der Waals surface area contributed by atoms with Crippen LogP contribution in [0, 0.1) is 0 Å². The van der Waals surface area contributed by atoms with Gasteiger partial charge in [-0.15, -0.1) is 0 Å². The minimum atomic E-state index is -0.565. The fourth-order valence-corrected chi connectivity index (χ4v) is 0.374. The summed E-state index contributed by atoms with van der Waals surface area (Å²) in [6, 6.07) is 0. The number of ether oxygens (including phenoxy) is 1. The van der Waals surface area contributed by atoms with E-state index in [1.165, 1.54) is 6.26 Å². The summed E-state index contributed by atoms with van der Waals surface area (Å²) in [5.74, 6) is 0. The molecule has 2 nitrogen and oxygen atoms in total. The number of aliphatic hydroxyl groups excluding tert-OH is 1. The van der Waals surface area contributed by atoms with Crippen molar-refractivity contribution < 1.29 is 9.84 Å². The average molecular weight is 86.1 g/mol. The van der Waals surface area contributed by atoms with Gasteiger partial charge in [0.15, 0.2) is 6.29 Å². The molecular weight excluding hydrogens is 80.0 g/mol. The molecule has 0 saturated carbocycles. The Bertz CT molecular complexity index is 59.9. The Morgan fingerprint density at radius 1 is 1.83 bits per heavy atom. The lowest BCUT2D eigenvalue weighted by atomic mass is 10.5. The summed E-state index contributed by atoms with van der Waals surface area (Å²) < 4.78 is 4.53. The molecule has 1 unspecified atom stereocenters. The van der Waals surface area contributed by atoms with Crippen LogP contribution in [-0.2, 0) is 4.74 Å². The molecule has 0 aliphatic carbocycles. The Morgan fingerprint density at radius 2 is 2.67 bits per heavy atom. The van der Waals surface area contributed by atoms with Crippen LogP contribution in [0.4, 0.5) is 0 Å². The van der Waals surface area contributed by atoms with Crippen LogP contribution in [-0.4, -0.2) is 11.4 Å². The Kier molecular flexibility index (Phi) is 0.801. The van der Waals surface area contributed by atoms with Gasteiger partial charge in [-0.25, -0.2) is 0 Å². The van der Waals surface area contributed by atoms with Gasteiger partial charge in [0.05, 0.1) is 6.26 Å². The van der Waals surface area contributed by atoms with Crippen LogP contribution in [0.2, 0.25) is 0 Å². The highest BCUT2D eigenvalue weighted by molar-refractivity contribution is 4.81. The molecule has 0 amide bonds. The maximum atomic E-state index is 8.44. The maximum Gasteiger partial charge on any atom is 0.200 e. The molecule has 1 rings (SSSR count). The third-order valence-corrected chi connectivity index (χ3v) is 0.670. The Balaban J connectivity index is 2.32. The molecule has 0 fully saturated rings.